The van der Waals surface area contributed by atoms with Gasteiger partial charge in [-0.2, -0.15) is 9.06 Å². The fraction of sp³-hybridized carbons (Fsp3) is 0.250. The fourth-order valence-electron chi connectivity index (χ4n) is 1.65. The van der Waals surface area contributed by atoms with Gasteiger partial charge in [0.25, 0.3) is 0 Å². The Morgan fingerprint density at radius 1 is 1.36 bits per heavy atom. The van der Waals surface area contributed by atoms with E-state index in [0.717, 1.165) is 5.13 Å². The monoisotopic (exact) mass is 337 g/mol. The lowest BCUT2D eigenvalue weighted by molar-refractivity contribution is 0.623. The van der Waals surface area contributed by atoms with Gasteiger partial charge in [-0.25, -0.2) is 9.37 Å². The minimum Gasteiger partial charge on any atom is -0.353 e. The summed E-state index contributed by atoms with van der Waals surface area (Å²) in [5.41, 5.74) is 0.577. The number of anilines is 1. The molecular weight excluding hydrogens is 325 g/mol. The number of halogens is 1. The first-order valence-corrected chi connectivity index (χ1v) is 8.06. The summed E-state index contributed by atoms with van der Waals surface area (Å²) < 4.78 is 19.1. The Morgan fingerprint density at radius 2 is 2.23 bits per heavy atom. The van der Waals surface area contributed by atoms with Gasteiger partial charge >= 0.3 is 0 Å². The van der Waals surface area contributed by atoms with E-state index in [1.807, 2.05) is 19.0 Å². The summed E-state index contributed by atoms with van der Waals surface area (Å²) in [5.74, 6) is 0.924. The number of hydrogen-bond acceptors (Lipinski definition) is 8. The summed E-state index contributed by atoms with van der Waals surface area (Å²) in [6.07, 6.45) is 0. The third kappa shape index (κ3) is 3.22. The smallest absolute Gasteiger partial charge is 0.214 e. The quantitative estimate of drug-likeness (QED) is 0.659. The summed E-state index contributed by atoms with van der Waals surface area (Å²) in [4.78, 5) is 6.31. The van der Waals surface area contributed by atoms with Crippen LogP contribution in [-0.2, 0) is 5.75 Å². The van der Waals surface area contributed by atoms with Gasteiger partial charge in [0.05, 0.1) is 11.4 Å². The Hall–Kier alpha value is -2.07. The van der Waals surface area contributed by atoms with E-state index in [1.54, 1.807) is 12.1 Å². The molecule has 0 spiro atoms. The number of rotatable bonds is 5. The van der Waals surface area contributed by atoms with Gasteiger partial charge in [0.2, 0.25) is 10.3 Å². The van der Waals surface area contributed by atoms with Crippen LogP contribution in [0.5, 0.6) is 0 Å². The van der Waals surface area contributed by atoms with Gasteiger partial charge in [-0.3, -0.25) is 0 Å². The van der Waals surface area contributed by atoms with Gasteiger partial charge in [0.15, 0.2) is 5.82 Å². The molecule has 0 aliphatic rings. The number of benzene rings is 1. The highest BCUT2D eigenvalue weighted by Crippen LogP contribution is 2.23. The van der Waals surface area contributed by atoms with Crippen LogP contribution in [0.2, 0.25) is 0 Å². The van der Waals surface area contributed by atoms with Gasteiger partial charge < -0.3 is 4.90 Å². The zero-order valence-electron chi connectivity index (χ0n) is 11.8. The van der Waals surface area contributed by atoms with E-state index in [0.29, 0.717) is 22.4 Å². The molecule has 0 atom stereocenters. The Bertz CT molecular complexity index is 770. The lowest BCUT2D eigenvalue weighted by Crippen LogP contribution is -2.07. The third-order valence-electron chi connectivity index (χ3n) is 2.66. The molecule has 1 aromatic carbocycles. The molecule has 0 radical (unpaired) electrons. The summed E-state index contributed by atoms with van der Waals surface area (Å²) in [6, 6.07) is 6.12. The maximum absolute atomic E-state index is 13.3. The van der Waals surface area contributed by atoms with E-state index < -0.39 is 0 Å². The molecule has 3 aromatic rings. The number of thioether (sulfide) groups is 1. The average molecular weight is 337 g/mol. The van der Waals surface area contributed by atoms with Crippen molar-refractivity contribution in [3.8, 4) is 5.69 Å². The molecule has 0 unspecified atom stereocenters. The standard InChI is InChI=1S/C12H12FN7S2/c1-19(2)11-14-10(16-22-11)7-21-12-15-17-18-20(12)9-5-3-4-8(13)6-9/h3-6H,7H2,1-2H3. The minimum atomic E-state index is -0.333. The molecule has 0 N–H and O–H groups in total. The normalized spacial score (nSPS) is 10.9. The van der Waals surface area contributed by atoms with Crippen molar-refractivity contribution in [2.75, 3.05) is 19.0 Å². The Balaban J connectivity index is 1.75. The Labute approximate surface area is 134 Å². The van der Waals surface area contributed by atoms with Crippen molar-refractivity contribution in [3.05, 3.63) is 35.9 Å². The van der Waals surface area contributed by atoms with Crippen molar-refractivity contribution in [1.82, 2.24) is 29.6 Å². The van der Waals surface area contributed by atoms with Crippen LogP contribution in [0, 0.1) is 5.82 Å². The van der Waals surface area contributed by atoms with Crippen LogP contribution in [0.3, 0.4) is 0 Å². The maximum atomic E-state index is 13.3. The van der Waals surface area contributed by atoms with Crippen LogP contribution in [0.15, 0.2) is 29.4 Å². The van der Waals surface area contributed by atoms with Gasteiger partial charge in [0, 0.05) is 25.6 Å². The molecule has 7 nitrogen and oxygen atoms in total. The summed E-state index contributed by atoms with van der Waals surface area (Å²) >= 11 is 2.74. The van der Waals surface area contributed by atoms with Gasteiger partial charge in [-0.1, -0.05) is 17.8 Å². The minimum absolute atomic E-state index is 0.333. The first kappa shape index (κ1) is 14.9. The maximum Gasteiger partial charge on any atom is 0.214 e. The fourth-order valence-corrected chi connectivity index (χ4v) is 3.08. The first-order chi connectivity index (χ1) is 10.6. The Morgan fingerprint density at radius 3 is 2.95 bits per heavy atom. The van der Waals surface area contributed by atoms with Crippen molar-refractivity contribution in [2.45, 2.75) is 10.9 Å². The van der Waals surface area contributed by atoms with E-state index in [4.69, 9.17) is 0 Å². The molecule has 0 aliphatic heterocycles. The lowest BCUT2D eigenvalue weighted by Gasteiger charge is -2.04. The molecule has 2 heterocycles. The zero-order chi connectivity index (χ0) is 15.5. The molecule has 0 amide bonds. The van der Waals surface area contributed by atoms with Crippen molar-refractivity contribution in [2.24, 2.45) is 0 Å². The van der Waals surface area contributed by atoms with Crippen LogP contribution >= 0.6 is 23.3 Å². The van der Waals surface area contributed by atoms with E-state index in [-0.39, 0.29) is 5.82 Å². The van der Waals surface area contributed by atoms with Crippen LogP contribution < -0.4 is 4.90 Å². The average Bonchev–Trinajstić information content (AvgIpc) is 3.14. The molecule has 0 fully saturated rings. The highest BCUT2D eigenvalue weighted by molar-refractivity contribution is 7.98. The summed E-state index contributed by atoms with van der Waals surface area (Å²) in [6.45, 7) is 0. The Kier molecular flexibility index (Phi) is 4.29. The number of tetrazole rings is 1. The third-order valence-corrected chi connectivity index (χ3v) is 4.50. The van der Waals surface area contributed by atoms with E-state index in [1.165, 1.54) is 40.1 Å². The molecule has 22 heavy (non-hydrogen) atoms. The number of hydrogen-bond donors (Lipinski definition) is 0. The topological polar surface area (TPSA) is 72.6 Å². The molecule has 0 saturated heterocycles. The van der Waals surface area contributed by atoms with Crippen molar-refractivity contribution >= 4 is 28.4 Å². The van der Waals surface area contributed by atoms with E-state index in [9.17, 15) is 4.39 Å². The molecule has 114 valence electrons. The second-order valence-electron chi connectivity index (χ2n) is 4.53. The molecule has 0 saturated carbocycles. The number of nitrogens with zero attached hydrogens (tertiary/aromatic N) is 7. The molecule has 0 bridgehead atoms. The van der Waals surface area contributed by atoms with Gasteiger partial charge in [-0.15, -0.1) is 5.10 Å². The van der Waals surface area contributed by atoms with E-state index in [2.05, 4.69) is 24.9 Å². The van der Waals surface area contributed by atoms with Crippen LogP contribution in [0.4, 0.5) is 9.52 Å². The predicted octanol–water partition coefficient (Wildman–Crippen LogP) is 2.01. The van der Waals surface area contributed by atoms with Crippen LogP contribution in [0.1, 0.15) is 5.82 Å². The zero-order valence-corrected chi connectivity index (χ0v) is 13.5. The molecule has 0 aliphatic carbocycles. The lowest BCUT2D eigenvalue weighted by atomic mass is 10.3. The van der Waals surface area contributed by atoms with Crippen molar-refractivity contribution in [1.29, 1.82) is 0 Å². The molecule has 10 heteroatoms. The predicted molar refractivity (Wildman–Crippen MR) is 82.9 cm³/mol. The number of aromatic nitrogens is 6. The van der Waals surface area contributed by atoms with Crippen molar-refractivity contribution < 1.29 is 4.39 Å². The summed E-state index contributed by atoms with van der Waals surface area (Å²) in [5, 5.41) is 12.9. The van der Waals surface area contributed by atoms with Crippen LogP contribution in [0.25, 0.3) is 5.69 Å². The molecule has 3 rings (SSSR count). The highest BCUT2D eigenvalue weighted by atomic mass is 32.2. The second kappa shape index (κ2) is 6.36. The first-order valence-electron chi connectivity index (χ1n) is 6.30. The van der Waals surface area contributed by atoms with Gasteiger partial charge in [0.1, 0.15) is 5.82 Å². The van der Waals surface area contributed by atoms with E-state index >= 15 is 0 Å². The molecular formula is C12H12FN7S2. The van der Waals surface area contributed by atoms with Gasteiger partial charge in [-0.05, 0) is 28.6 Å². The molecule has 2 aromatic heterocycles. The van der Waals surface area contributed by atoms with Crippen molar-refractivity contribution in [3.63, 3.8) is 0 Å². The highest BCUT2D eigenvalue weighted by Gasteiger charge is 2.12. The van der Waals surface area contributed by atoms with Crippen LogP contribution in [-0.4, -0.2) is 43.7 Å². The SMILES string of the molecule is CN(C)c1nc(CSc2nnnn2-c2cccc(F)c2)ns1. The second-order valence-corrected chi connectivity index (χ2v) is 6.20. The summed E-state index contributed by atoms with van der Waals surface area (Å²) in [7, 11) is 3.84. The largest absolute Gasteiger partial charge is 0.353 e.